The molecule has 2 aromatic carbocycles. The molecule has 5 N–H and O–H groups in total. The van der Waals surface area contributed by atoms with Crippen LogP contribution in [0.3, 0.4) is 0 Å². The first-order chi connectivity index (χ1) is 9.65. The van der Waals surface area contributed by atoms with Gasteiger partial charge in [0, 0.05) is 17.9 Å². The van der Waals surface area contributed by atoms with Gasteiger partial charge in [-0.2, -0.15) is 0 Å². The van der Waals surface area contributed by atoms with Crippen molar-refractivity contribution in [1.29, 1.82) is 0 Å². The van der Waals surface area contributed by atoms with Gasteiger partial charge in [-0.3, -0.25) is 0 Å². The molecule has 0 heterocycles. The minimum atomic E-state index is -0.767. The quantitative estimate of drug-likeness (QED) is 0.642. The highest BCUT2D eigenvalue weighted by Gasteiger charge is 2.09. The lowest BCUT2D eigenvalue weighted by atomic mass is 10.1. The van der Waals surface area contributed by atoms with Crippen LogP contribution >= 0.6 is 0 Å². The molecule has 0 spiro atoms. The largest absolute Gasteiger partial charge is 0.399 e. The van der Waals surface area contributed by atoms with Gasteiger partial charge in [0.1, 0.15) is 0 Å². The molecule has 1 atom stereocenters. The minimum absolute atomic E-state index is 0.128. The zero-order valence-corrected chi connectivity index (χ0v) is 10.9. The number of carbonyl (C=O) groups excluding carboxylic acids is 1. The van der Waals surface area contributed by atoms with Crippen LogP contribution < -0.4 is 16.4 Å². The summed E-state index contributed by atoms with van der Waals surface area (Å²) < 4.78 is 0. The van der Waals surface area contributed by atoms with Gasteiger partial charge in [0.15, 0.2) is 0 Å². The van der Waals surface area contributed by atoms with Gasteiger partial charge in [0.2, 0.25) is 0 Å². The number of hydrogen-bond acceptors (Lipinski definition) is 3. The number of aliphatic hydroxyl groups excluding tert-OH is 1. The third-order valence-electron chi connectivity index (χ3n) is 2.81. The number of aliphatic hydroxyl groups is 1. The molecule has 0 saturated heterocycles. The third kappa shape index (κ3) is 4.00. The van der Waals surface area contributed by atoms with E-state index in [-0.39, 0.29) is 12.6 Å². The summed E-state index contributed by atoms with van der Waals surface area (Å²) in [5.74, 6) is 0. The highest BCUT2D eigenvalue weighted by Crippen LogP contribution is 2.13. The molecule has 0 aliphatic heterocycles. The second kappa shape index (κ2) is 6.58. The van der Waals surface area contributed by atoms with Gasteiger partial charge in [-0.1, -0.05) is 30.3 Å². The van der Waals surface area contributed by atoms with E-state index in [1.54, 1.807) is 36.4 Å². The van der Waals surface area contributed by atoms with Crippen molar-refractivity contribution >= 4 is 17.4 Å². The van der Waals surface area contributed by atoms with E-state index in [0.717, 1.165) is 0 Å². The Morgan fingerprint density at radius 3 is 2.40 bits per heavy atom. The molecule has 0 saturated carbocycles. The van der Waals surface area contributed by atoms with Gasteiger partial charge in [0.05, 0.1) is 6.10 Å². The van der Waals surface area contributed by atoms with Gasteiger partial charge >= 0.3 is 6.03 Å². The lowest BCUT2D eigenvalue weighted by Crippen LogP contribution is -2.32. The number of nitrogens with two attached hydrogens (primary N) is 1. The average molecular weight is 271 g/mol. The van der Waals surface area contributed by atoms with Crippen molar-refractivity contribution in [3.8, 4) is 0 Å². The zero-order valence-electron chi connectivity index (χ0n) is 10.9. The molecule has 1 unspecified atom stereocenters. The molecular weight excluding hydrogens is 254 g/mol. The van der Waals surface area contributed by atoms with Crippen LogP contribution in [0, 0.1) is 0 Å². The Labute approximate surface area is 117 Å². The standard InChI is InChI=1S/C15H17N3O2/c16-12-8-6-11(7-9-12)14(19)10-17-15(20)18-13-4-2-1-3-5-13/h1-9,14,19H,10,16H2,(H2,17,18,20). The smallest absolute Gasteiger partial charge is 0.319 e. The van der Waals surface area contributed by atoms with Gasteiger partial charge in [-0.25, -0.2) is 4.79 Å². The van der Waals surface area contributed by atoms with E-state index in [4.69, 9.17) is 5.73 Å². The Bertz CT molecular complexity index is 555. The summed E-state index contributed by atoms with van der Waals surface area (Å²) in [7, 11) is 0. The maximum absolute atomic E-state index is 11.6. The predicted molar refractivity (Wildman–Crippen MR) is 79.3 cm³/mol. The summed E-state index contributed by atoms with van der Waals surface area (Å²) in [6.45, 7) is 0.128. The fourth-order valence-corrected chi connectivity index (χ4v) is 1.72. The molecule has 2 rings (SSSR count). The molecule has 2 amide bonds. The molecule has 2 aromatic rings. The maximum Gasteiger partial charge on any atom is 0.319 e. The van der Waals surface area contributed by atoms with Gasteiger partial charge < -0.3 is 21.5 Å². The molecule has 20 heavy (non-hydrogen) atoms. The van der Waals surface area contributed by atoms with E-state index < -0.39 is 6.10 Å². The second-order valence-corrected chi connectivity index (χ2v) is 4.38. The summed E-state index contributed by atoms with van der Waals surface area (Å²) in [6, 6.07) is 15.6. The normalized spacial score (nSPS) is 11.7. The van der Waals surface area contributed by atoms with Crippen molar-refractivity contribution in [3.63, 3.8) is 0 Å². The van der Waals surface area contributed by atoms with E-state index in [9.17, 15) is 9.90 Å². The molecule has 0 aromatic heterocycles. The molecular formula is C15H17N3O2. The van der Waals surface area contributed by atoms with E-state index in [1.807, 2.05) is 18.2 Å². The Balaban J connectivity index is 1.82. The number of para-hydroxylation sites is 1. The first kappa shape index (κ1) is 13.9. The van der Waals surface area contributed by atoms with Crippen molar-refractivity contribution in [2.24, 2.45) is 0 Å². The Kier molecular flexibility index (Phi) is 4.57. The minimum Gasteiger partial charge on any atom is -0.399 e. The molecule has 0 radical (unpaired) electrons. The van der Waals surface area contributed by atoms with Crippen LogP contribution in [0.25, 0.3) is 0 Å². The topological polar surface area (TPSA) is 87.4 Å². The van der Waals surface area contributed by atoms with E-state index >= 15 is 0 Å². The first-order valence-corrected chi connectivity index (χ1v) is 6.28. The number of nitrogens with one attached hydrogen (secondary N) is 2. The number of amides is 2. The molecule has 0 bridgehead atoms. The third-order valence-corrected chi connectivity index (χ3v) is 2.81. The number of anilines is 2. The van der Waals surface area contributed by atoms with E-state index in [2.05, 4.69) is 10.6 Å². The van der Waals surface area contributed by atoms with Crippen molar-refractivity contribution < 1.29 is 9.90 Å². The fraction of sp³-hybridized carbons (Fsp3) is 0.133. The van der Waals surface area contributed by atoms with Crippen LogP contribution in [-0.2, 0) is 0 Å². The van der Waals surface area contributed by atoms with Crippen LogP contribution in [0.2, 0.25) is 0 Å². The number of urea groups is 1. The average Bonchev–Trinajstić information content (AvgIpc) is 2.46. The summed E-state index contributed by atoms with van der Waals surface area (Å²) in [5.41, 5.74) is 7.62. The first-order valence-electron chi connectivity index (χ1n) is 6.28. The van der Waals surface area contributed by atoms with Crippen LogP contribution in [0.5, 0.6) is 0 Å². The Morgan fingerprint density at radius 1 is 1.10 bits per heavy atom. The van der Waals surface area contributed by atoms with Gasteiger partial charge in [-0.15, -0.1) is 0 Å². The predicted octanol–water partition coefficient (Wildman–Crippen LogP) is 2.12. The molecule has 0 aliphatic rings. The second-order valence-electron chi connectivity index (χ2n) is 4.38. The number of benzene rings is 2. The fourth-order valence-electron chi connectivity index (χ4n) is 1.72. The molecule has 5 nitrogen and oxygen atoms in total. The summed E-state index contributed by atoms with van der Waals surface area (Å²) in [4.78, 5) is 11.6. The van der Waals surface area contributed by atoms with Gasteiger partial charge in [-0.05, 0) is 29.8 Å². The van der Waals surface area contributed by atoms with Crippen molar-refractivity contribution in [3.05, 3.63) is 60.2 Å². The summed E-state index contributed by atoms with van der Waals surface area (Å²) >= 11 is 0. The van der Waals surface area contributed by atoms with E-state index in [0.29, 0.717) is 16.9 Å². The Morgan fingerprint density at radius 2 is 1.75 bits per heavy atom. The van der Waals surface area contributed by atoms with Crippen LogP contribution in [0.1, 0.15) is 11.7 Å². The molecule has 0 fully saturated rings. The molecule has 0 aliphatic carbocycles. The van der Waals surface area contributed by atoms with Crippen LogP contribution in [-0.4, -0.2) is 17.7 Å². The monoisotopic (exact) mass is 271 g/mol. The maximum atomic E-state index is 11.6. The van der Waals surface area contributed by atoms with Crippen LogP contribution in [0.15, 0.2) is 54.6 Å². The zero-order chi connectivity index (χ0) is 14.4. The molecule has 104 valence electrons. The van der Waals surface area contributed by atoms with Gasteiger partial charge in [0.25, 0.3) is 0 Å². The highest BCUT2D eigenvalue weighted by molar-refractivity contribution is 5.89. The summed E-state index contributed by atoms with van der Waals surface area (Å²) in [5, 5.41) is 15.2. The summed E-state index contributed by atoms with van der Waals surface area (Å²) in [6.07, 6.45) is -0.767. The number of carbonyl (C=O) groups is 1. The SMILES string of the molecule is Nc1ccc(C(O)CNC(=O)Nc2ccccc2)cc1. The van der Waals surface area contributed by atoms with Crippen LogP contribution in [0.4, 0.5) is 16.2 Å². The number of nitrogen functional groups attached to an aromatic ring is 1. The molecule has 5 heteroatoms. The number of hydrogen-bond donors (Lipinski definition) is 4. The Hall–Kier alpha value is -2.53. The van der Waals surface area contributed by atoms with E-state index in [1.165, 1.54) is 0 Å². The van der Waals surface area contributed by atoms with Crippen molar-refractivity contribution in [2.45, 2.75) is 6.10 Å². The number of rotatable bonds is 4. The highest BCUT2D eigenvalue weighted by atomic mass is 16.3. The van der Waals surface area contributed by atoms with Crippen molar-refractivity contribution in [2.75, 3.05) is 17.6 Å². The lowest BCUT2D eigenvalue weighted by Gasteiger charge is -2.13. The lowest BCUT2D eigenvalue weighted by molar-refractivity contribution is 0.175. The van der Waals surface area contributed by atoms with Crippen molar-refractivity contribution in [1.82, 2.24) is 5.32 Å².